The summed E-state index contributed by atoms with van der Waals surface area (Å²) < 4.78 is 5.86. The average molecular weight is 421 g/mol. The lowest BCUT2D eigenvalue weighted by Crippen LogP contribution is -2.00. The number of nitrogens with zero attached hydrogens (tertiary/aromatic N) is 1. The number of carboxylic acid groups (broad SMARTS) is 2. The van der Waals surface area contributed by atoms with Gasteiger partial charge in [-0.3, -0.25) is 0 Å². The van der Waals surface area contributed by atoms with Gasteiger partial charge in [0.05, 0.1) is 10.5 Å². The first kappa shape index (κ1) is 23.0. The van der Waals surface area contributed by atoms with Crippen LogP contribution in [0.15, 0.2) is 53.4 Å². The molecule has 28 heavy (non-hydrogen) atoms. The zero-order valence-corrected chi connectivity index (χ0v) is 16.3. The molecule has 0 aliphatic carbocycles. The van der Waals surface area contributed by atoms with E-state index >= 15 is 0 Å². The van der Waals surface area contributed by atoms with E-state index in [-0.39, 0.29) is 0 Å². The lowest BCUT2D eigenvalue weighted by Gasteiger charge is -2.13. The summed E-state index contributed by atoms with van der Waals surface area (Å²) in [6.45, 7) is 0.439. The number of aliphatic carboxylic acids is 2. The summed E-state index contributed by atoms with van der Waals surface area (Å²) in [4.78, 5) is 20.1. The molecule has 2 rings (SSSR count). The summed E-state index contributed by atoms with van der Waals surface area (Å²) in [5, 5.41) is 25.3. The zero-order chi connectivity index (χ0) is 21.1. The molecule has 0 heterocycles. The normalized spacial score (nSPS) is 9.93. The van der Waals surface area contributed by atoms with Gasteiger partial charge in [0.15, 0.2) is 0 Å². The van der Waals surface area contributed by atoms with Crippen molar-refractivity contribution in [2.75, 3.05) is 6.26 Å². The van der Waals surface area contributed by atoms with Crippen molar-refractivity contribution in [3.63, 3.8) is 0 Å². The van der Waals surface area contributed by atoms with Gasteiger partial charge in [-0.25, -0.2) is 9.59 Å². The molecule has 146 valence electrons. The van der Waals surface area contributed by atoms with E-state index in [0.29, 0.717) is 40.8 Å². The van der Waals surface area contributed by atoms with Gasteiger partial charge in [0.2, 0.25) is 0 Å². The monoisotopic (exact) mass is 420 g/mol. The summed E-state index contributed by atoms with van der Waals surface area (Å²) in [6.07, 6.45) is 3.08. The van der Waals surface area contributed by atoms with Gasteiger partial charge in [-0.15, -0.1) is 11.8 Å². The van der Waals surface area contributed by atoms with E-state index in [9.17, 15) is 9.59 Å². The fraction of sp³-hybridized carbons (Fsp3) is 0.105. The molecular formula is C19H17ClN2O5S. The molecule has 0 fully saturated rings. The van der Waals surface area contributed by atoms with Crippen molar-refractivity contribution in [1.29, 1.82) is 5.26 Å². The molecule has 0 radical (unpaired) electrons. The fourth-order valence-corrected chi connectivity index (χ4v) is 2.85. The lowest BCUT2D eigenvalue weighted by atomic mass is 10.2. The van der Waals surface area contributed by atoms with Crippen LogP contribution in [-0.2, 0) is 16.1 Å². The number of carbonyl (C=O) groups is 2. The summed E-state index contributed by atoms with van der Waals surface area (Å²) >= 11 is 7.52. The molecule has 9 heteroatoms. The zero-order valence-electron chi connectivity index (χ0n) is 14.8. The highest BCUT2D eigenvalue weighted by Gasteiger charge is 2.11. The van der Waals surface area contributed by atoms with Gasteiger partial charge in [-0.2, -0.15) is 5.26 Å². The number of carboxylic acids is 2. The van der Waals surface area contributed by atoms with Crippen molar-refractivity contribution >= 4 is 35.3 Å². The Labute approximate surface area is 171 Å². The van der Waals surface area contributed by atoms with Gasteiger partial charge in [0.1, 0.15) is 17.6 Å². The standard InChI is InChI=1S/C15H13ClN2OS.C4H4O4/c1-20-15-11(9-18)3-2-4-13(15)19-14-7-12(16)6-5-10(14)8-17;5-3(6)1-2-4(7)8/h2-7H,9,18H2,1H3;1-2H,(H,5,6)(H,7,8)/b;2-1+. The van der Waals surface area contributed by atoms with E-state index in [0.717, 1.165) is 10.5 Å². The maximum atomic E-state index is 9.55. The number of rotatable bonds is 6. The van der Waals surface area contributed by atoms with Gasteiger partial charge >= 0.3 is 11.9 Å². The van der Waals surface area contributed by atoms with Crippen LogP contribution < -0.4 is 10.5 Å². The molecule has 7 nitrogen and oxygen atoms in total. The molecule has 0 aromatic heterocycles. The molecular weight excluding hydrogens is 404 g/mol. The predicted octanol–water partition coefficient (Wildman–Crippen LogP) is 3.90. The molecule has 0 bridgehead atoms. The highest BCUT2D eigenvalue weighted by Crippen LogP contribution is 2.36. The van der Waals surface area contributed by atoms with Crippen LogP contribution in [0.5, 0.6) is 11.5 Å². The van der Waals surface area contributed by atoms with E-state index in [1.165, 1.54) is 0 Å². The van der Waals surface area contributed by atoms with Gasteiger partial charge in [0, 0.05) is 29.8 Å². The summed E-state index contributed by atoms with van der Waals surface area (Å²) in [5.74, 6) is -1.39. The van der Waals surface area contributed by atoms with Crippen LogP contribution in [-0.4, -0.2) is 28.4 Å². The second-order valence-electron chi connectivity index (χ2n) is 5.02. The maximum Gasteiger partial charge on any atom is 0.328 e. The highest BCUT2D eigenvalue weighted by atomic mass is 35.5. The Morgan fingerprint density at radius 3 is 2.36 bits per heavy atom. The Balaban J connectivity index is 0.000000416. The van der Waals surface area contributed by atoms with E-state index in [2.05, 4.69) is 6.07 Å². The predicted molar refractivity (Wildman–Crippen MR) is 107 cm³/mol. The summed E-state index contributed by atoms with van der Waals surface area (Å²) in [6, 6.07) is 12.7. The molecule has 0 aliphatic rings. The van der Waals surface area contributed by atoms with Gasteiger partial charge < -0.3 is 20.7 Å². The maximum absolute atomic E-state index is 9.55. The number of halogens is 1. The van der Waals surface area contributed by atoms with Crippen LogP contribution in [0.1, 0.15) is 11.1 Å². The van der Waals surface area contributed by atoms with Crippen molar-refractivity contribution in [3.8, 4) is 17.6 Å². The SMILES string of the molecule is CSc1c(CN)cccc1Oc1cc(Cl)ccc1C#N.O=C(O)/C=C/C(=O)O. The third-order valence-electron chi connectivity index (χ3n) is 3.14. The number of nitrogens with two attached hydrogens (primary N) is 1. The van der Waals surface area contributed by atoms with E-state index in [4.69, 9.17) is 37.5 Å². The largest absolute Gasteiger partial charge is 0.478 e. The second-order valence-corrected chi connectivity index (χ2v) is 6.27. The first-order valence-corrected chi connectivity index (χ1v) is 9.30. The van der Waals surface area contributed by atoms with Crippen LogP contribution in [0.2, 0.25) is 5.02 Å². The van der Waals surface area contributed by atoms with Gasteiger partial charge in [-0.05, 0) is 30.0 Å². The third-order valence-corrected chi connectivity index (χ3v) is 4.24. The number of nitriles is 1. The van der Waals surface area contributed by atoms with Crippen molar-refractivity contribution < 1.29 is 24.5 Å². The molecule has 2 aromatic rings. The fourth-order valence-electron chi connectivity index (χ4n) is 1.97. The van der Waals surface area contributed by atoms with E-state index in [1.54, 1.807) is 30.0 Å². The first-order valence-electron chi connectivity index (χ1n) is 7.69. The first-order chi connectivity index (χ1) is 13.3. The quantitative estimate of drug-likeness (QED) is 0.473. The van der Waals surface area contributed by atoms with Crippen LogP contribution in [0.25, 0.3) is 0 Å². The minimum Gasteiger partial charge on any atom is -0.478 e. The Bertz CT molecular complexity index is 909. The third kappa shape index (κ3) is 7.32. The van der Waals surface area contributed by atoms with Crippen molar-refractivity contribution in [2.24, 2.45) is 5.73 Å². The molecule has 0 saturated carbocycles. The topological polar surface area (TPSA) is 134 Å². The molecule has 0 spiro atoms. The van der Waals surface area contributed by atoms with Crippen LogP contribution in [0.3, 0.4) is 0 Å². The highest BCUT2D eigenvalue weighted by molar-refractivity contribution is 7.98. The Kier molecular flexibility index (Phi) is 9.60. The van der Waals surface area contributed by atoms with Crippen molar-refractivity contribution in [1.82, 2.24) is 0 Å². The molecule has 0 atom stereocenters. The van der Waals surface area contributed by atoms with Crippen LogP contribution >= 0.6 is 23.4 Å². The lowest BCUT2D eigenvalue weighted by molar-refractivity contribution is -0.134. The Morgan fingerprint density at radius 2 is 1.86 bits per heavy atom. The smallest absolute Gasteiger partial charge is 0.328 e. The average Bonchev–Trinajstić information content (AvgIpc) is 2.67. The Morgan fingerprint density at radius 1 is 1.21 bits per heavy atom. The number of hydrogen-bond acceptors (Lipinski definition) is 6. The molecule has 0 unspecified atom stereocenters. The van der Waals surface area contributed by atoms with Crippen LogP contribution in [0, 0.1) is 11.3 Å². The minimum atomic E-state index is -1.26. The summed E-state index contributed by atoms with van der Waals surface area (Å²) in [5.41, 5.74) is 7.18. The molecule has 0 amide bonds. The van der Waals surface area contributed by atoms with Gasteiger partial charge in [0.25, 0.3) is 0 Å². The number of thioether (sulfide) groups is 1. The molecule has 4 N–H and O–H groups in total. The second kappa shape index (κ2) is 11.7. The van der Waals surface area contributed by atoms with E-state index in [1.807, 2.05) is 24.5 Å². The number of hydrogen-bond donors (Lipinski definition) is 3. The summed E-state index contributed by atoms with van der Waals surface area (Å²) in [7, 11) is 0. The van der Waals surface area contributed by atoms with Crippen molar-refractivity contribution in [2.45, 2.75) is 11.4 Å². The Hall–Kier alpha value is -2.99. The molecule has 2 aromatic carbocycles. The molecule has 0 saturated heterocycles. The van der Waals surface area contributed by atoms with Crippen LogP contribution in [0.4, 0.5) is 0 Å². The van der Waals surface area contributed by atoms with Crippen molar-refractivity contribution in [3.05, 3.63) is 64.7 Å². The van der Waals surface area contributed by atoms with E-state index < -0.39 is 11.9 Å². The number of ether oxygens (including phenoxy) is 1. The van der Waals surface area contributed by atoms with Gasteiger partial charge in [-0.1, -0.05) is 23.7 Å². The number of benzene rings is 2. The molecule has 0 aliphatic heterocycles. The minimum absolute atomic E-state index is 0.439.